The molecule has 0 spiro atoms. The van der Waals surface area contributed by atoms with Crippen LogP contribution < -0.4 is 10.2 Å². The maximum atomic E-state index is 10.2. The molecule has 0 radical (unpaired) electrons. The third-order valence-corrected chi connectivity index (χ3v) is 3.00. The lowest BCUT2D eigenvalue weighted by atomic mass is 10.4. The molecule has 0 atom stereocenters. The molecule has 2 N–H and O–H groups in total. The molecule has 0 amide bonds. The number of pyridine rings is 2. The third kappa shape index (κ3) is 21.4. The van der Waals surface area contributed by atoms with Crippen LogP contribution in [0.4, 0.5) is 0 Å². The summed E-state index contributed by atoms with van der Waals surface area (Å²) in [6.07, 6.45) is 9.34. The summed E-state index contributed by atoms with van der Waals surface area (Å²) >= 11 is 0. The maximum Gasteiger partial charge on any atom is 0.181 e. The number of nitrogens with zero attached hydrogens (tertiary/aromatic N) is 1. The summed E-state index contributed by atoms with van der Waals surface area (Å²) in [7, 11) is 0. The number of H-pyrrole nitrogens is 1. The van der Waals surface area contributed by atoms with Gasteiger partial charge in [-0.15, -0.1) is 0 Å². The summed E-state index contributed by atoms with van der Waals surface area (Å²) in [5.74, 6) is 0.802. The molecule has 9 nitrogen and oxygen atoms in total. The van der Waals surface area contributed by atoms with Crippen molar-refractivity contribution in [2.45, 2.75) is 0 Å². The number of rotatable bonds is 14. The van der Waals surface area contributed by atoms with E-state index < -0.39 is 0 Å². The van der Waals surface area contributed by atoms with Crippen LogP contribution in [0.15, 0.2) is 79.5 Å². The van der Waals surface area contributed by atoms with Gasteiger partial charge in [-0.1, -0.05) is 13.2 Å². The molecule has 0 aliphatic carbocycles. The lowest BCUT2D eigenvalue weighted by Gasteiger charge is -2.06. The maximum absolute atomic E-state index is 10.2. The van der Waals surface area contributed by atoms with Gasteiger partial charge in [0.1, 0.15) is 25.6 Å². The number of aromatic nitrogens is 2. The van der Waals surface area contributed by atoms with Crippen molar-refractivity contribution in [2.24, 2.45) is 0 Å². The van der Waals surface area contributed by atoms with Gasteiger partial charge < -0.3 is 33.8 Å². The van der Waals surface area contributed by atoms with E-state index in [1.165, 1.54) is 24.7 Å². The molecule has 9 heteroatoms. The van der Waals surface area contributed by atoms with Gasteiger partial charge in [0.15, 0.2) is 5.43 Å². The highest BCUT2D eigenvalue weighted by molar-refractivity contribution is 5.16. The zero-order chi connectivity index (χ0) is 22.8. The van der Waals surface area contributed by atoms with Crippen molar-refractivity contribution in [1.29, 1.82) is 0 Å². The van der Waals surface area contributed by atoms with Crippen molar-refractivity contribution in [1.82, 2.24) is 9.97 Å². The summed E-state index contributed by atoms with van der Waals surface area (Å²) in [5, 5.41) is 8.24. The van der Waals surface area contributed by atoms with Crippen LogP contribution in [-0.2, 0) is 18.9 Å². The van der Waals surface area contributed by atoms with Crippen LogP contribution in [0.2, 0.25) is 0 Å². The minimum absolute atomic E-state index is 0.0405. The third-order valence-electron chi connectivity index (χ3n) is 3.00. The topological polar surface area (TPSA) is 112 Å². The highest BCUT2D eigenvalue weighted by Crippen LogP contribution is 2.05. The Morgan fingerprint density at radius 2 is 1.39 bits per heavy atom. The summed E-state index contributed by atoms with van der Waals surface area (Å²) in [6, 6.07) is 6.56. The van der Waals surface area contributed by atoms with Crippen LogP contribution >= 0.6 is 0 Å². The van der Waals surface area contributed by atoms with E-state index in [4.69, 9.17) is 28.8 Å². The Bertz CT molecular complexity index is 678. The monoisotopic (exact) mass is 436 g/mol. The standard InChI is InChI=1S/C11H15NO3.C6H12O3.C5H5NO/c1-2-13-7-8-14-9-10-15-11-3-5-12-6-4-11;1-2-8-5-6-9-4-3-7;7-5-1-3-6-4-2-5/h2-6H,1,7-10H2;2,7H,1,3-6H2;1-4H,(H,6,7). The van der Waals surface area contributed by atoms with Crippen molar-refractivity contribution >= 4 is 0 Å². The fourth-order valence-electron chi connectivity index (χ4n) is 1.67. The lowest BCUT2D eigenvalue weighted by Crippen LogP contribution is -2.09. The molecule has 172 valence electrons. The Hall–Kier alpha value is -3.14. The Labute approximate surface area is 182 Å². The van der Waals surface area contributed by atoms with Gasteiger partial charge in [0.25, 0.3) is 0 Å². The smallest absolute Gasteiger partial charge is 0.181 e. The summed E-state index contributed by atoms with van der Waals surface area (Å²) in [5.41, 5.74) is 0.0405. The second kappa shape index (κ2) is 23.1. The van der Waals surface area contributed by atoms with Gasteiger partial charge in [-0.2, -0.15) is 0 Å². The average molecular weight is 437 g/mol. The number of hydrogen-bond donors (Lipinski definition) is 2. The van der Waals surface area contributed by atoms with E-state index in [2.05, 4.69) is 23.1 Å². The van der Waals surface area contributed by atoms with Crippen LogP contribution in [0.5, 0.6) is 5.75 Å². The Morgan fingerprint density at radius 1 is 0.839 bits per heavy atom. The van der Waals surface area contributed by atoms with E-state index in [1.807, 2.05) is 0 Å². The Kier molecular flexibility index (Phi) is 20.8. The van der Waals surface area contributed by atoms with Gasteiger partial charge in [0.2, 0.25) is 0 Å². The zero-order valence-corrected chi connectivity index (χ0v) is 17.7. The minimum Gasteiger partial charge on any atom is -0.499 e. The van der Waals surface area contributed by atoms with Gasteiger partial charge >= 0.3 is 0 Å². The molecule has 0 unspecified atom stereocenters. The van der Waals surface area contributed by atoms with E-state index in [0.29, 0.717) is 46.2 Å². The van der Waals surface area contributed by atoms with Crippen molar-refractivity contribution in [2.75, 3.05) is 52.9 Å². The van der Waals surface area contributed by atoms with Crippen molar-refractivity contribution in [3.63, 3.8) is 0 Å². The molecular weight excluding hydrogens is 404 g/mol. The van der Waals surface area contributed by atoms with E-state index in [9.17, 15) is 4.79 Å². The van der Waals surface area contributed by atoms with Crippen molar-refractivity contribution in [3.8, 4) is 5.75 Å². The highest BCUT2D eigenvalue weighted by Gasteiger charge is 1.92. The first-order chi connectivity index (χ1) is 15.2. The molecule has 31 heavy (non-hydrogen) atoms. The first-order valence-electron chi connectivity index (χ1n) is 9.61. The van der Waals surface area contributed by atoms with E-state index >= 15 is 0 Å². The second-order valence-electron chi connectivity index (χ2n) is 5.29. The van der Waals surface area contributed by atoms with Crippen LogP contribution in [0.25, 0.3) is 0 Å². The first-order valence-corrected chi connectivity index (χ1v) is 9.61. The van der Waals surface area contributed by atoms with Crippen molar-refractivity contribution in [3.05, 3.63) is 85.0 Å². The van der Waals surface area contributed by atoms with Crippen LogP contribution in [0.1, 0.15) is 0 Å². The fourth-order valence-corrected chi connectivity index (χ4v) is 1.67. The first kappa shape index (κ1) is 27.9. The molecule has 0 fully saturated rings. The molecule has 2 aromatic rings. The van der Waals surface area contributed by atoms with Gasteiger partial charge in [0, 0.05) is 36.9 Å². The molecule has 0 bridgehead atoms. The van der Waals surface area contributed by atoms with Gasteiger partial charge in [0.05, 0.1) is 45.6 Å². The molecule has 0 saturated heterocycles. The highest BCUT2D eigenvalue weighted by atomic mass is 16.5. The molecular formula is C22H32N2O7. The van der Waals surface area contributed by atoms with Gasteiger partial charge in [-0.25, -0.2) is 0 Å². The molecule has 0 saturated carbocycles. The SMILES string of the molecule is C=COCCOCCO.C=COCCOCCOc1ccncc1.O=c1cc[nH]cc1. The quantitative estimate of drug-likeness (QED) is 0.342. The van der Waals surface area contributed by atoms with Crippen LogP contribution in [-0.4, -0.2) is 67.9 Å². The fraction of sp³-hybridized carbons (Fsp3) is 0.364. The largest absolute Gasteiger partial charge is 0.499 e. The molecule has 2 heterocycles. The number of aliphatic hydroxyl groups is 1. The number of aromatic amines is 1. The molecule has 0 aliphatic rings. The Morgan fingerprint density at radius 3 is 1.87 bits per heavy atom. The van der Waals surface area contributed by atoms with Crippen LogP contribution in [0.3, 0.4) is 0 Å². The minimum atomic E-state index is 0.0405. The van der Waals surface area contributed by atoms with Crippen molar-refractivity contribution < 1.29 is 28.8 Å². The van der Waals surface area contributed by atoms with Gasteiger partial charge in [-0.3, -0.25) is 9.78 Å². The lowest BCUT2D eigenvalue weighted by molar-refractivity contribution is 0.0603. The van der Waals surface area contributed by atoms with Gasteiger partial charge in [-0.05, 0) is 12.1 Å². The Balaban J connectivity index is 0.000000478. The number of nitrogens with one attached hydrogen (secondary N) is 1. The number of ether oxygens (including phenoxy) is 5. The van der Waals surface area contributed by atoms with E-state index in [1.54, 1.807) is 36.9 Å². The second-order valence-corrected chi connectivity index (χ2v) is 5.29. The zero-order valence-electron chi connectivity index (χ0n) is 17.7. The summed E-state index contributed by atoms with van der Waals surface area (Å²) in [4.78, 5) is 16.9. The van der Waals surface area contributed by atoms with E-state index in [0.717, 1.165) is 5.75 Å². The molecule has 0 aromatic carbocycles. The predicted molar refractivity (Wildman–Crippen MR) is 118 cm³/mol. The van der Waals surface area contributed by atoms with E-state index in [-0.39, 0.29) is 12.0 Å². The number of aliphatic hydroxyl groups excluding tert-OH is 1. The summed E-state index contributed by atoms with van der Waals surface area (Å²) < 4.78 is 25.1. The molecule has 0 aliphatic heterocycles. The number of hydrogen-bond acceptors (Lipinski definition) is 8. The molecule has 2 aromatic heterocycles. The summed E-state index contributed by atoms with van der Waals surface area (Å²) in [6.45, 7) is 10.4. The normalized spacial score (nSPS) is 9.19. The molecule has 2 rings (SSSR count). The predicted octanol–water partition coefficient (Wildman–Crippen LogP) is 2.17. The average Bonchev–Trinajstić information content (AvgIpc) is 2.81. The van der Waals surface area contributed by atoms with Crippen LogP contribution in [0, 0.1) is 0 Å².